The fourth-order valence-corrected chi connectivity index (χ4v) is 3.40. The Morgan fingerprint density at radius 2 is 1.16 bits per heavy atom. The quantitative estimate of drug-likeness (QED) is 0.667. The van der Waals surface area contributed by atoms with Crippen LogP contribution < -0.4 is 11.5 Å². The summed E-state index contributed by atoms with van der Waals surface area (Å²) < 4.78 is 0. The molecule has 0 bridgehead atoms. The Balaban J connectivity index is 4.71. The maximum absolute atomic E-state index is 10.6. The molecule has 0 amide bonds. The van der Waals surface area contributed by atoms with Crippen LogP contribution >= 0.6 is 0 Å². The van der Waals surface area contributed by atoms with E-state index in [9.17, 15) is 5.11 Å². The van der Waals surface area contributed by atoms with Gasteiger partial charge in [0.15, 0.2) is 0 Å². The van der Waals surface area contributed by atoms with E-state index in [4.69, 9.17) is 11.5 Å². The Hall–Kier alpha value is -0.120. The van der Waals surface area contributed by atoms with E-state index in [-0.39, 0.29) is 28.0 Å². The second-order valence-corrected chi connectivity index (χ2v) is 9.20. The molecule has 0 saturated heterocycles. The van der Waals surface area contributed by atoms with Gasteiger partial charge in [-0.2, -0.15) is 0 Å². The van der Waals surface area contributed by atoms with Crippen molar-refractivity contribution in [3.63, 3.8) is 0 Å². The van der Waals surface area contributed by atoms with Crippen molar-refractivity contribution in [1.82, 2.24) is 0 Å². The smallest absolute Gasteiger partial charge is 0.0596 e. The van der Waals surface area contributed by atoms with E-state index in [1.807, 2.05) is 27.7 Å². The third-order valence-corrected chi connectivity index (χ3v) is 3.49. The zero-order chi connectivity index (χ0) is 15.7. The summed E-state index contributed by atoms with van der Waals surface area (Å²) in [5.74, 6) is 0. The van der Waals surface area contributed by atoms with Crippen molar-refractivity contribution in [3.05, 3.63) is 0 Å². The number of hydrogen-bond donors (Lipinski definition) is 3. The Labute approximate surface area is 120 Å². The van der Waals surface area contributed by atoms with Crippen molar-refractivity contribution in [1.29, 1.82) is 0 Å². The average Bonchev–Trinajstić information content (AvgIpc) is 1.91. The van der Waals surface area contributed by atoms with Gasteiger partial charge in [-0.3, -0.25) is 0 Å². The minimum Gasteiger partial charge on any atom is -0.393 e. The van der Waals surface area contributed by atoms with Crippen LogP contribution in [0.1, 0.15) is 74.7 Å². The first-order valence-electron chi connectivity index (χ1n) is 7.30. The van der Waals surface area contributed by atoms with Gasteiger partial charge < -0.3 is 16.6 Å². The van der Waals surface area contributed by atoms with Gasteiger partial charge in [0.2, 0.25) is 0 Å². The topological polar surface area (TPSA) is 72.3 Å². The molecule has 0 aromatic carbocycles. The molecule has 0 saturated carbocycles. The SMILES string of the molecule is CC(C)(N)CC(C)(C)CC(O)C(C)(C)CC(C)(C)N. The zero-order valence-corrected chi connectivity index (χ0v) is 14.3. The highest BCUT2D eigenvalue weighted by Crippen LogP contribution is 2.39. The Morgan fingerprint density at radius 3 is 1.47 bits per heavy atom. The molecule has 0 aliphatic rings. The second-order valence-electron chi connectivity index (χ2n) is 9.20. The van der Waals surface area contributed by atoms with Crippen molar-refractivity contribution >= 4 is 0 Å². The van der Waals surface area contributed by atoms with Crippen LogP contribution in [0.4, 0.5) is 0 Å². The molecule has 116 valence electrons. The molecule has 19 heavy (non-hydrogen) atoms. The van der Waals surface area contributed by atoms with Crippen molar-refractivity contribution in [2.45, 2.75) is 91.8 Å². The first-order chi connectivity index (χ1) is 8.04. The van der Waals surface area contributed by atoms with Gasteiger partial charge in [0.25, 0.3) is 0 Å². The van der Waals surface area contributed by atoms with Gasteiger partial charge in [-0.05, 0) is 57.8 Å². The van der Waals surface area contributed by atoms with E-state index in [0.717, 1.165) is 19.3 Å². The zero-order valence-electron chi connectivity index (χ0n) is 14.3. The summed E-state index contributed by atoms with van der Waals surface area (Å²) >= 11 is 0. The lowest BCUT2D eigenvalue weighted by Crippen LogP contribution is -2.45. The summed E-state index contributed by atoms with van der Waals surface area (Å²) in [6.07, 6.45) is 2.06. The molecule has 0 rings (SSSR count). The predicted octanol–water partition coefficient (Wildman–Crippen LogP) is 3.04. The molecule has 0 heterocycles. The van der Waals surface area contributed by atoms with E-state index in [2.05, 4.69) is 27.7 Å². The van der Waals surface area contributed by atoms with Gasteiger partial charge >= 0.3 is 0 Å². The molecule has 0 radical (unpaired) electrons. The molecule has 3 nitrogen and oxygen atoms in total. The number of hydrogen-bond acceptors (Lipinski definition) is 3. The summed E-state index contributed by atoms with van der Waals surface area (Å²) in [7, 11) is 0. The lowest BCUT2D eigenvalue weighted by molar-refractivity contribution is -0.00556. The average molecular weight is 272 g/mol. The highest BCUT2D eigenvalue weighted by atomic mass is 16.3. The Bertz CT molecular complexity index is 282. The Morgan fingerprint density at radius 1 is 0.789 bits per heavy atom. The molecular weight excluding hydrogens is 236 g/mol. The molecule has 5 N–H and O–H groups in total. The molecule has 0 spiro atoms. The maximum atomic E-state index is 10.6. The highest BCUT2D eigenvalue weighted by molar-refractivity contribution is 4.91. The second kappa shape index (κ2) is 5.71. The third-order valence-electron chi connectivity index (χ3n) is 3.49. The van der Waals surface area contributed by atoms with E-state index in [1.165, 1.54) is 0 Å². The molecule has 1 atom stereocenters. The number of aliphatic hydroxyl groups is 1. The number of nitrogens with two attached hydrogens (primary N) is 2. The van der Waals surface area contributed by atoms with Crippen LogP contribution in [-0.4, -0.2) is 22.3 Å². The maximum Gasteiger partial charge on any atom is 0.0596 e. The molecular formula is C16H36N2O. The monoisotopic (exact) mass is 272 g/mol. The minimum absolute atomic E-state index is 0.0215. The van der Waals surface area contributed by atoms with E-state index >= 15 is 0 Å². The molecule has 3 heteroatoms. The first-order valence-corrected chi connectivity index (χ1v) is 7.30. The van der Waals surface area contributed by atoms with Gasteiger partial charge in [-0.15, -0.1) is 0 Å². The van der Waals surface area contributed by atoms with E-state index in [1.54, 1.807) is 0 Å². The van der Waals surface area contributed by atoms with Gasteiger partial charge in [0.05, 0.1) is 6.10 Å². The van der Waals surface area contributed by atoms with Crippen molar-refractivity contribution in [3.8, 4) is 0 Å². The van der Waals surface area contributed by atoms with E-state index in [0.29, 0.717) is 0 Å². The van der Waals surface area contributed by atoms with Crippen LogP contribution in [0.25, 0.3) is 0 Å². The van der Waals surface area contributed by atoms with Crippen LogP contribution in [0.2, 0.25) is 0 Å². The summed E-state index contributed by atoms with van der Waals surface area (Å²) in [6, 6.07) is 0. The minimum atomic E-state index is -0.368. The summed E-state index contributed by atoms with van der Waals surface area (Å²) in [5, 5.41) is 10.6. The normalized spacial score (nSPS) is 16.6. The van der Waals surface area contributed by atoms with Crippen LogP contribution in [-0.2, 0) is 0 Å². The molecule has 0 aliphatic heterocycles. The van der Waals surface area contributed by atoms with E-state index < -0.39 is 0 Å². The van der Waals surface area contributed by atoms with Crippen molar-refractivity contribution < 1.29 is 5.11 Å². The fraction of sp³-hybridized carbons (Fsp3) is 1.00. The number of rotatable bonds is 7. The van der Waals surface area contributed by atoms with Gasteiger partial charge in [0.1, 0.15) is 0 Å². The first kappa shape index (κ1) is 18.9. The van der Waals surface area contributed by atoms with Crippen LogP contribution in [0.3, 0.4) is 0 Å². The van der Waals surface area contributed by atoms with Crippen LogP contribution in [0.15, 0.2) is 0 Å². The predicted molar refractivity (Wildman–Crippen MR) is 84.0 cm³/mol. The third kappa shape index (κ3) is 8.61. The standard InChI is InChI=1S/C16H36N2O/c1-13(2,10-15(5,6)17)9-12(19)14(3,4)11-16(7,8)18/h12,19H,9-11,17-18H2,1-8H3. The summed E-state index contributed by atoms with van der Waals surface area (Å²) in [4.78, 5) is 0. The van der Waals surface area contributed by atoms with Crippen LogP contribution in [0, 0.1) is 10.8 Å². The molecule has 0 aromatic heterocycles. The molecule has 0 aromatic rings. The van der Waals surface area contributed by atoms with Gasteiger partial charge in [-0.1, -0.05) is 27.7 Å². The Kier molecular flexibility index (Phi) is 5.67. The fourth-order valence-electron chi connectivity index (χ4n) is 3.40. The summed E-state index contributed by atoms with van der Waals surface area (Å²) in [6.45, 7) is 16.6. The molecule has 0 aliphatic carbocycles. The molecule has 0 fully saturated rings. The lowest BCUT2D eigenvalue weighted by atomic mass is 9.69. The van der Waals surface area contributed by atoms with Gasteiger partial charge in [-0.25, -0.2) is 0 Å². The van der Waals surface area contributed by atoms with Crippen molar-refractivity contribution in [2.24, 2.45) is 22.3 Å². The lowest BCUT2D eigenvalue weighted by Gasteiger charge is -2.41. The highest BCUT2D eigenvalue weighted by Gasteiger charge is 2.37. The largest absolute Gasteiger partial charge is 0.393 e. The molecule has 1 unspecified atom stereocenters. The number of aliphatic hydroxyl groups excluding tert-OH is 1. The van der Waals surface area contributed by atoms with Gasteiger partial charge in [0, 0.05) is 11.1 Å². The van der Waals surface area contributed by atoms with Crippen LogP contribution in [0.5, 0.6) is 0 Å². The van der Waals surface area contributed by atoms with Crippen molar-refractivity contribution in [2.75, 3.05) is 0 Å². The summed E-state index contributed by atoms with van der Waals surface area (Å²) in [5.41, 5.74) is 11.6.